The molecule has 3 aromatic rings. The summed E-state index contributed by atoms with van der Waals surface area (Å²) in [4.78, 5) is 17.7. The third kappa shape index (κ3) is 3.14. The van der Waals surface area contributed by atoms with Gasteiger partial charge in [-0.15, -0.1) is 11.8 Å². The van der Waals surface area contributed by atoms with Crippen LogP contribution in [0, 0.1) is 6.92 Å². The van der Waals surface area contributed by atoms with Crippen molar-refractivity contribution in [2.24, 2.45) is 0 Å². The van der Waals surface area contributed by atoms with E-state index in [1.54, 1.807) is 24.2 Å². The lowest BCUT2D eigenvalue weighted by molar-refractivity contribution is 0.102. The lowest BCUT2D eigenvalue weighted by Gasteiger charge is -2.06. The fourth-order valence-electron chi connectivity index (χ4n) is 2.30. The molecule has 0 fully saturated rings. The Morgan fingerprint density at radius 3 is 2.86 bits per heavy atom. The van der Waals surface area contributed by atoms with E-state index < -0.39 is 0 Å². The highest BCUT2D eigenvalue weighted by Gasteiger charge is 2.10. The van der Waals surface area contributed by atoms with Gasteiger partial charge in [0, 0.05) is 28.2 Å². The number of carbonyl (C=O) groups is 1. The molecule has 104 valence electrons. The highest BCUT2D eigenvalue weighted by atomic mass is 32.2. The molecule has 0 saturated carbocycles. The second-order valence-electron chi connectivity index (χ2n) is 4.93. The number of Topliss-reactive ketones (excluding diaryl/α,β-unsaturated/α-hetero) is 1. The van der Waals surface area contributed by atoms with E-state index in [4.69, 9.17) is 0 Å². The molecule has 0 aliphatic carbocycles. The summed E-state index contributed by atoms with van der Waals surface area (Å²) in [5.41, 5.74) is 1.98. The summed E-state index contributed by atoms with van der Waals surface area (Å²) >= 11 is 1.58. The zero-order valence-corrected chi connectivity index (χ0v) is 12.6. The lowest BCUT2D eigenvalue weighted by Crippen LogP contribution is -2.03. The first-order valence-electron chi connectivity index (χ1n) is 6.79. The summed E-state index contributed by atoms with van der Waals surface area (Å²) in [7, 11) is 0. The van der Waals surface area contributed by atoms with Crippen molar-refractivity contribution < 1.29 is 4.79 Å². The van der Waals surface area contributed by atoms with Crippen LogP contribution in [0.3, 0.4) is 0 Å². The van der Waals surface area contributed by atoms with Gasteiger partial charge in [0.05, 0.1) is 5.75 Å². The van der Waals surface area contributed by atoms with Crippen molar-refractivity contribution in [3.05, 3.63) is 72.1 Å². The maximum Gasteiger partial charge on any atom is 0.173 e. The number of aryl methyl sites for hydroxylation is 1. The molecule has 1 heterocycles. The number of hydrogen-bond donors (Lipinski definition) is 0. The van der Waals surface area contributed by atoms with Crippen LogP contribution in [0.5, 0.6) is 0 Å². The van der Waals surface area contributed by atoms with E-state index in [1.165, 1.54) is 5.56 Å². The van der Waals surface area contributed by atoms with E-state index in [0.29, 0.717) is 5.75 Å². The van der Waals surface area contributed by atoms with Gasteiger partial charge < -0.3 is 0 Å². The van der Waals surface area contributed by atoms with E-state index in [0.717, 1.165) is 21.2 Å². The van der Waals surface area contributed by atoms with Gasteiger partial charge in [0.15, 0.2) is 5.78 Å². The van der Waals surface area contributed by atoms with Crippen LogP contribution in [-0.4, -0.2) is 16.5 Å². The van der Waals surface area contributed by atoms with E-state index in [2.05, 4.69) is 24.0 Å². The fourth-order valence-corrected chi connectivity index (χ4v) is 3.19. The number of fused-ring (bicyclic) bond motifs is 1. The normalized spacial score (nSPS) is 10.7. The molecular formula is C18H15NOS. The maximum absolute atomic E-state index is 12.5. The molecule has 0 saturated heterocycles. The number of aromatic nitrogens is 1. The molecule has 2 nitrogen and oxygen atoms in total. The topological polar surface area (TPSA) is 30.0 Å². The molecule has 0 radical (unpaired) electrons. The summed E-state index contributed by atoms with van der Waals surface area (Å²) in [6.45, 7) is 2.06. The Morgan fingerprint density at radius 1 is 1.14 bits per heavy atom. The van der Waals surface area contributed by atoms with Gasteiger partial charge in [-0.3, -0.25) is 9.78 Å². The first-order valence-corrected chi connectivity index (χ1v) is 7.78. The Balaban J connectivity index is 1.81. The average molecular weight is 293 g/mol. The second kappa shape index (κ2) is 6.10. The van der Waals surface area contributed by atoms with Gasteiger partial charge in [0.2, 0.25) is 0 Å². The van der Waals surface area contributed by atoms with Crippen LogP contribution in [0.2, 0.25) is 0 Å². The van der Waals surface area contributed by atoms with Crippen LogP contribution in [-0.2, 0) is 0 Å². The van der Waals surface area contributed by atoms with Gasteiger partial charge >= 0.3 is 0 Å². The first kappa shape index (κ1) is 13.8. The van der Waals surface area contributed by atoms with Gasteiger partial charge in [0.1, 0.15) is 0 Å². The number of thioether (sulfide) groups is 1. The largest absolute Gasteiger partial charge is 0.293 e. The van der Waals surface area contributed by atoms with Crippen molar-refractivity contribution in [3.63, 3.8) is 0 Å². The highest BCUT2D eigenvalue weighted by Crippen LogP contribution is 2.23. The predicted octanol–water partition coefficient (Wildman–Crippen LogP) is 4.52. The van der Waals surface area contributed by atoms with E-state index in [1.807, 2.05) is 36.4 Å². The standard InChI is InChI=1S/C18H15NOS/c1-13-4-2-6-15(10-13)21-12-18(20)17-7-3-5-14-11-19-9-8-16(14)17/h2-11H,12H2,1H3. The number of nitrogens with zero attached hydrogens (tertiary/aromatic N) is 1. The Kier molecular flexibility index (Phi) is 4.02. The van der Waals surface area contributed by atoms with Gasteiger partial charge in [-0.05, 0) is 30.5 Å². The Morgan fingerprint density at radius 2 is 2.00 bits per heavy atom. The zero-order valence-electron chi connectivity index (χ0n) is 11.7. The minimum absolute atomic E-state index is 0.151. The highest BCUT2D eigenvalue weighted by molar-refractivity contribution is 8.00. The van der Waals surface area contributed by atoms with Crippen molar-refractivity contribution in [3.8, 4) is 0 Å². The number of ketones is 1. The molecule has 0 spiro atoms. The fraction of sp³-hybridized carbons (Fsp3) is 0.111. The summed E-state index contributed by atoms with van der Waals surface area (Å²) in [5.74, 6) is 0.601. The van der Waals surface area contributed by atoms with Gasteiger partial charge in [-0.25, -0.2) is 0 Å². The molecule has 0 aliphatic heterocycles. The third-order valence-corrected chi connectivity index (χ3v) is 4.33. The number of pyridine rings is 1. The van der Waals surface area contributed by atoms with Crippen molar-refractivity contribution in [2.75, 3.05) is 5.75 Å². The number of benzene rings is 2. The molecule has 0 bridgehead atoms. The Hall–Kier alpha value is -2.13. The molecule has 3 rings (SSSR count). The number of hydrogen-bond acceptors (Lipinski definition) is 3. The van der Waals surface area contributed by atoms with Crippen LogP contribution in [0.15, 0.2) is 65.8 Å². The molecule has 1 aromatic heterocycles. The minimum atomic E-state index is 0.151. The van der Waals surface area contributed by atoms with Gasteiger partial charge in [0.25, 0.3) is 0 Å². The third-order valence-electron chi connectivity index (χ3n) is 3.34. The van der Waals surface area contributed by atoms with Crippen LogP contribution >= 0.6 is 11.8 Å². The monoisotopic (exact) mass is 293 g/mol. The quantitative estimate of drug-likeness (QED) is 0.523. The van der Waals surface area contributed by atoms with E-state index in [-0.39, 0.29) is 5.78 Å². The second-order valence-corrected chi connectivity index (χ2v) is 5.98. The Labute approximate surface area is 128 Å². The summed E-state index contributed by atoms with van der Waals surface area (Å²) in [6, 6.07) is 15.9. The van der Waals surface area contributed by atoms with Crippen molar-refractivity contribution in [2.45, 2.75) is 11.8 Å². The van der Waals surface area contributed by atoms with Crippen molar-refractivity contribution >= 4 is 28.3 Å². The molecule has 0 unspecified atom stereocenters. The molecule has 0 aliphatic rings. The average Bonchev–Trinajstić information content (AvgIpc) is 2.52. The summed E-state index contributed by atoms with van der Waals surface area (Å²) < 4.78 is 0. The van der Waals surface area contributed by atoms with Crippen molar-refractivity contribution in [1.82, 2.24) is 4.98 Å². The maximum atomic E-state index is 12.5. The minimum Gasteiger partial charge on any atom is -0.293 e. The predicted molar refractivity (Wildman–Crippen MR) is 88.0 cm³/mol. The summed E-state index contributed by atoms with van der Waals surface area (Å²) in [6.07, 6.45) is 3.52. The van der Waals surface area contributed by atoms with Crippen LogP contribution in [0.1, 0.15) is 15.9 Å². The van der Waals surface area contributed by atoms with E-state index >= 15 is 0 Å². The SMILES string of the molecule is Cc1cccc(SCC(=O)c2cccc3cnccc23)c1. The molecule has 0 amide bonds. The van der Waals surface area contributed by atoms with Crippen molar-refractivity contribution in [1.29, 1.82) is 0 Å². The van der Waals surface area contributed by atoms with Gasteiger partial charge in [-0.2, -0.15) is 0 Å². The number of rotatable bonds is 4. The lowest BCUT2D eigenvalue weighted by atomic mass is 10.0. The molecule has 0 N–H and O–H groups in total. The van der Waals surface area contributed by atoms with Crippen LogP contribution in [0.4, 0.5) is 0 Å². The smallest absolute Gasteiger partial charge is 0.173 e. The van der Waals surface area contributed by atoms with E-state index in [9.17, 15) is 4.79 Å². The Bertz CT molecular complexity index is 793. The van der Waals surface area contributed by atoms with Crippen LogP contribution < -0.4 is 0 Å². The molecular weight excluding hydrogens is 278 g/mol. The molecule has 2 aromatic carbocycles. The summed E-state index contributed by atoms with van der Waals surface area (Å²) in [5, 5.41) is 1.98. The molecule has 3 heteroatoms. The molecule has 0 atom stereocenters. The van der Waals surface area contributed by atoms with Gasteiger partial charge in [-0.1, -0.05) is 35.9 Å². The first-order chi connectivity index (χ1) is 10.2. The zero-order chi connectivity index (χ0) is 14.7. The molecule has 21 heavy (non-hydrogen) atoms. The number of carbonyl (C=O) groups excluding carboxylic acids is 1. The van der Waals surface area contributed by atoms with Crippen LogP contribution in [0.25, 0.3) is 10.8 Å².